The van der Waals surface area contributed by atoms with Gasteiger partial charge in [-0.2, -0.15) is 10.2 Å². The van der Waals surface area contributed by atoms with Crippen molar-refractivity contribution < 1.29 is 5.11 Å². The molecule has 0 unspecified atom stereocenters. The normalized spacial score (nSPS) is 11.5. The third-order valence-corrected chi connectivity index (χ3v) is 4.57. The lowest BCUT2D eigenvalue weighted by Crippen LogP contribution is -2.26. The Labute approximate surface area is 144 Å². The third kappa shape index (κ3) is 2.53. The van der Waals surface area contributed by atoms with Gasteiger partial charge in [0.05, 0.1) is 35.7 Å². The molecule has 0 fully saturated rings. The van der Waals surface area contributed by atoms with Gasteiger partial charge in [-0.15, -0.1) is 0 Å². The largest absolute Gasteiger partial charge is 0.395 e. The minimum absolute atomic E-state index is 0.0963. The Bertz CT molecular complexity index is 1030. The van der Waals surface area contributed by atoms with Crippen molar-refractivity contribution in [3.8, 4) is 11.3 Å². The third-order valence-electron chi connectivity index (χ3n) is 4.57. The van der Waals surface area contributed by atoms with Gasteiger partial charge < -0.3 is 10.0 Å². The van der Waals surface area contributed by atoms with E-state index < -0.39 is 0 Å². The molecule has 4 rings (SSSR count). The Balaban J connectivity index is 2.05. The van der Waals surface area contributed by atoms with Crippen LogP contribution in [0, 0.1) is 6.92 Å². The van der Waals surface area contributed by atoms with Crippen molar-refractivity contribution >= 4 is 27.5 Å². The van der Waals surface area contributed by atoms with Crippen LogP contribution in [-0.4, -0.2) is 50.2 Å². The van der Waals surface area contributed by atoms with Crippen LogP contribution in [0.4, 0.5) is 5.69 Å². The monoisotopic (exact) mass is 336 g/mol. The quantitative estimate of drug-likeness (QED) is 0.521. The molecule has 128 valence electrons. The van der Waals surface area contributed by atoms with Crippen molar-refractivity contribution in [2.75, 3.05) is 24.6 Å². The molecule has 0 aliphatic rings. The molecule has 0 spiro atoms. The highest BCUT2D eigenvalue weighted by molar-refractivity contribution is 6.12. The number of hydrogen-bond donors (Lipinski definition) is 3. The summed E-state index contributed by atoms with van der Waals surface area (Å²) in [5.41, 5.74) is 5.75. The van der Waals surface area contributed by atoms with Gasteiger partial charge >= 0.3 is 0 Å². The molecule has 0 radical (unpaired) electrons. The molecule has 0 atom stereocenters. The number of likely N-dealkylation sites (N-methyl/N-ethyl adjacent to an activating group) is 1. The fourth-order valence-corrected chi connectivity index (χ4v) is 3.30. The summed E-state index contributed by atoms with van der Waals surface area (Å²) in [7, 11) is 0. The van der Waals surface area contributed by atoms with E-state index in [-0.39, 0.29) is 6.61 Å². The summed E-state index contributed by atoms with van der Waals surface area (Å²) in [6, 6.07) is 6.08. The van der Waals surface area contributed by atoms with Crippen molar-refractivity contribution in [3.63, 3.8) is 0 Å². The maximum atomic E-state index is 9.48. The van der Waals surface area contributed by atoms with Gasteiger partial charge in [0.15, 0.2) is 0 Å². The number of anilines is 1. The molecular formula is C18H20N6O. The van der Waals surface area contributed by atoms with E-state index in [0.717, 1.165) is 51.0 Å². The maximum Gasteiger partial charge on any atom is 0.0764 e. The van der Waals surface area contributed by atoms with Crippen LogP contribution in [0.15, 0.2) is 30.6 Å². The Morgan fingerprint density at radius 2 is 2.00 bits per heavy atom. The van der Waals surface area contributed by atoms with E-state index in [4.69, 9.17) is 4.98 Å². The van der Waals surface area contributed by atoms with E-state index in [1.165, 1.54) is 0 Å². The van der Waals surface area contributed by atoms with Crippen LogP contribution < -0.4 is 4.90 Å². The smallest absolute Gasteiger partial charge is 0.0764 e. The summed E-state index contributed by atoms with van der Waals surface area (Å²) in [5.74, 6) is 0. The van der Waals surface area contributed by atoms with Crippen LogP contribution in [0.5, 0.6) is 0 Å². The first-order chi connectivity index (χ1) is 12.2. The van der Waals surface area contributed by atoms with Gasteiger partial charge in [0, 0.05) is 40.8 Å². The molecule has 4 aromatic rings. The number of aromatic nitrogens is 5. The lowest BCUT2D eigenvalue weighted by molar-refractivity contribution is 0.302. The minimum Gasteiger partial charge on any atom is -0.395 e. The molecule has 25 heavy (non-hydrogen) atoms. The predicted molar refractivity (Wildman–Crippen MR) is 98.7 cm³/mol. The Morgan fingerprint density at radius 3 is 2.72 bits per heavy atom. The molecule has 0 bridgehead atoms. The molecule has 0 aliphatic heterocycles. The fraction of sp³-hybridized carbons (Fsp3) is 0.278. The number of hydrogen-bond acceptors (Lipinski definition) is 5. The number of aliphatic hydroxyl groups excluding tert-OH is 1. The van der Waals surface area contributed by atoms with Crippen molar-refractivity contribution in [2.45, 2.75) is 13.8 Å². The van der Waals surface area contributed by atoms with Crippen LogP contribution in [0.2, 0.25) is 0 Å². The second-order valence-electron chi connectivity index (χ2n) is 6.03. The van der Waals surface area contributed by atoms with Gasteiger partial charge in [-0.1, -0.05) is 0 Å². The highest BCUT2D eigenvalue weighted by Gasteiger charge is 2.17. The molecule has 7 nitrogen and oxygen atoms in total. The lowest BCUT2D eigenvalue weighted by atomic mass is 10.0. The highest BCUT2D eigenvalue weighted by atomic mass is 16.3. The minimum atomic E-state index is 0.0963. The van der Waals surface area contributed by atoms with E-state index in [0.29, 0.717) is 6.54 Å². The summed E-state index contributed by atoms with van der Waals surface area (Å²) in [5, 5.41) is 25.8. The van der Waals surface area contributed by atoms with E-state index >= 15 is 0 Å². The zero-order valence-corrected chi connectivity index (χ0v) is 14.2. The number of rotatable bonds is 5. The number of benzene rings is 1. The average molecular weight is 336 g/mol. The van der Waals surface area contributed by atoms with Crippen LogP contribution >= 0.6 is 0 Å². The number of fused-ring (bicyclic) bond motifs is 3. The molecule has 3 aromatic heterocycles. The van der Waals surface area contributed by atoms with Gasteiger partial charge in [0.25, 0.3) is 0 Å². The highest BCUT2D eigenvalue weighted by Crippen LogP contribution is 2.35. The molecule has 1 aromatic carbocycles. The van der Waals surface area contributed by atoms with Gasteiger partial charge in [0.2, 0.25) is 0 Å². The van der Waals surface area contributed by atoms with E-state index in [1.54, 1.807) is 6.20 Å². The van der Waals surface area contributed by atoms with Gasteiger partial charge in [-0.25, -0.2) is 4.98 Å². The van der Waals surface area contributed by atoms with Gasteiger partial charge in [0.1, 0.15) is 0 Å². The molecule has 3 N–H and O–H groups in total. The topological polar surface area (TPSA) is 93.7 Å². The van der Waals surface area contributed by atoms with Crippen LogP contribution in [0.25, 0.3) is 33.1 Å². The van der Waals surface area contributed by atoms with Crippen molar-refractivity contribution in [2.24, 2.45) is 0 Å². The van der Waals surface area contributed by atoms with Crippen molar-refractivity contribution in [3.05, 3.63) is 36.3 Å². The zero-order chi connectivity index (χ0) is 17.4. The molecule has 7 heteroatoms. The average Bonchev–Trinajstić information content (AvgIpc) is 3.27. The number of H-pyrrole nitrogens is 2. The second-order valence-corrected chi connectivity index (χ2v) is 6.03. The molecule has 0 saturated carbocycles. The standard InChI is InChI=1S/C18H20N6O/c1-3-24(6-7-25)17-8-16(12-9-19-22-11(12)2)21-15-5-4-14-13(18(15)17)10-20-23-14/h4-5,8-10,25H,3,6-7H2,1-2H3,(H,19,22)(H,20,23). The Kier molecular flexibility index (Phi) is 3.85. The lowest BCUT2D eigenvalue weighted by Gasteiger charge is -2.24. The van der Waals surface area contributed by atoms with Crippen molar-refractivity contribution in [1.82, 2.24) is 25.4 Å². The van der Waals surface area contributed by atoms with E-state index in [2.05, 4.69) is 38.3 Å². The fourth-order valence-electron chi connectivity index (χ4n) is 3.30. The Hall–Kier alpha value is -2.93. The van der Waals surface area contributed by atoms with Crippen molar-refractivity contribution in [1.29, 1.82) is 0 Å². The molecular weight excluding hydrogens is 316 g/mol. The molecule has 0 saturated heterocycles. The molecule has 0 aliphatic carbocycles. The number of aryl methyl sites for hydroxylation is 1. The van der Waals surface area contributed by atoms with Crippen LogP contribution in [0.3, 0.4) is 0 Å². The van der Waals surface area contributed by atoms with Crippen LogP contribution in [0.1, 0.15) is 12.6 Å². The molecule has 3 heterocycles. The maximum absolute atomic E-state index is 9.48. The zero-order valence-electron chi connectivity index (χ0n) is 14.2. The number of pyridine rings is 1. The first kappa shape index (κ1) is 15.6. The van der Waals surface area contributed by atoms with Gasteiger partial charge in [-0.05, 0) is 32.0 Å². The summed E-state index contributed by atoms with van der Waals surface area (Å²) in [6.07, 6.45) is 3.63. The first-order valence-electron chi connectivity index (χ1n) is 8.36. The number of aliphatic hydroxyl groups is 1. The first-order valence-corrected chi connectivity index (χ1v) is 8.36. The number of nitrogens with zero attached hydrogens (tertiary/aromatic N) is 4. The van der Waals surface area contributed by atoms with E-state index in [9.17, 15) is 5.11 Å². The number of nitrogens with one attached hydrogen (secondary N) is 2. The summed E-state index contributed by atoms with van der Waals surface area (Å²) < 4.78 is 0. The van der Waals surface area contributed by atoms with E-state index in [1.807, 2.05) is 25.3 Å². The SMILES string of the molecule is CCN(CCO)c1cc(-c2cn[nH]c2C)nc2ccc3[nH]ncc3c12. The van der Waals surface area contributed by atoms with Gasteiger partial charge in [-0.3, -0.25) is 10.2 Å². The number of aromatic amines is 2. The summed E-state index contributed by atoms with van der Waals surface area (Å²) in [4.78, 5) is 7.02. The summed E-state index contributed by atoms with van der Waals surface area (Å²) in [6.45, 7) is 5.52. The second kappa shape index (κ2) is 6.18. The Morgan fingerprint density at radius 1 is 1.16 bits per heavy atom. The summed E-state index contributed by atoms with van der Waals surface area (Å²) >= 11 is 0. The predicted octanol–water partition coefficient (Wildman–Crippen LogP) is 2.63. The van der Waals surface area contributed by atoms with Crippen LogP contribution in [-0.2, 0) is 0 Å². The molecule has 0 amide bonds.